The maximum absolute atomic E-state index is 9.77. The van der Waals surface area contributed by atoms with E-state index < -0.39 is 0 Å². The van der Waals surface area contributed by atoms with Gasteiger partial charge in [0.05, 0.1) is 10.7 Å². The molecule has 4 heteroatoms. The standard InChI is InChI=1S/C42H24N4/c43-23-45-41-37-19-31(29-11-9-25-5-1-3-7-27(25)17-29)13-15-33(37)35-21-36-34-16-14-32(30-12-10-26-6-2-4-8-28(26)18-30)20-38(34)42(46-24-44)40(36)22-39(35)41/h1-13,15,17-22H,14,16H2. The van der Waals surface area contributed by atoms with Crippen LogP contribution < -0.4 is 10.7 Å². The number of aryl methyl sites for hydroxylation is 1. The minimum Gasteiger partial charge on any atom is -0.172 e. The predicted molar refractivity (Wildman–Crippen MR) is 187 cm³/mol. The zero-order chi connectivity index (χ0) is 30.8. The van der Waals surface area contributed by atoms with E-state index in [1.165, 1.54) is 38.2 Å². The van der Waals surface area contributed by atoms with E-state index in [9.17, 15) is 10.5 Å². The SMILES string of the molecule is N#CN=c1c2c(c3cc4c(cc13)c(=NC#N)c1cc(-c3ccc5ccccc5c3)ccc14)CCC(c1ccc3ccccc3c1)=C2. The van der Waals surface area contributed by atoms with Crippen molar-refractivity contribution in [1.82, 2.24) is 0 Å². The van der Waals surface area contributed by atoms with Crippen LogP contribution in [0, 0.1) is 22.9 Å². The van der Waals surface area contributed by atoms with E-state index in [0.29, 0.717) is 10.7 Å². The molecule has 0 saturated heterocycles. The third kappa shape index (κ3) is 3.91. The Hall–Kier alpha value is -6.36. The molecule has 8 aromatic rings. The number of hydrogen-bond acceptors (Lipinski definition) is 4. The smallest absolute Gasteiger partial charge is 0.172 e. The molecule has 212 valence electrons. The molecule has 0 radical (unpaired) electrons. The first-order chi connectivity index (χ1) is 22.7. The average molecular weight is 585 g/mol. The topological polar surface area (TPSA) is 72.3 Å². The number of allylic oxidation sites excluding steroid dienone is 1. The molecular weight excluding hydrogens is 560 g/mol. The molecule has 0 heterocycles. The van der Waals surface area contributed by atoms with Crippen LogP contribution in [0.4, 0.5) is 0 Å². The van der Waals surface area contributed by atoms with E-state index >= 15 is 0 Å². The molecule has 0 aliphatic heterocycles. The Bertz CT molecular complexity index is 2830. The molecule has 1 aliphatic rings. The Morgan fingerprint density at radius 2 is 1.02 bits per heavy atom. The van der Waals surface area contributed by atoms with Crippen LogP contribution in [0.1, 0.15) is 23.1 Å². The molecule has 0 spiro atoms. The summed E-state index contributed by atoms with van der Waals surface area (Å²) in [6, 6.07) is 40.6. The first-order valence-electron chi connectivity index (χ1n) is 15.4. The third-order valence-electron chi connectivity index (χ3n) is 9.63. The van der Waals surface area contributed by atoms with E-state index in [4.69, 9.17) is 0 Å². The molecule has 0 aromatic heterocycles. The van der Waals surface area contributed by atoms with Gasteiger partial charge in [-0.25, -0.2) is 0 Å². The summed E-state index contributed by atoms with van der Waals surface area (Å²) in [7, 11) is 0. The van der Waals surface area contributed by atoms with Gasteiger partial charge in [-0.1, -0.05) is 84.9 Å². The van der Waals surface area contributed by atoms with Crippen molar-refractivity contribution in [2.45, 2.75) is 12.8 Å². The first kappa shape index (κ1) is 26.1. The van der Waals surface area contributed by atoms with Crippen molar-refractivity contribution >= 4 is 65.5 Å². The monoisotopic (exact) mass is 584 g/mol. The molecule has 0 unspecified atom stereocenters. The Labute approximate surface area is 264 Å². The van der Waals surface area contributed by atoms with Gasteiger partial charge in [-0.15, -0.1) is 0 Å². The van der Waals surface area contributed by atoms with Gasteiger partial charge in [0.25, 0.3) is 0 Å². The summed E-state index contributed by atoms with van der Waals surface area (Å²) in [5.41, 5.74) is 6.86. The maximum Gasteiger partial charge on any atom is 0.206 e. The van der Waals surface area contributed by atoms with Crippen molar-refractivity contribution < 1.29 is 0 Å². The zero-order valence-corrected chi connectivity index (χ0v) is 24.8. The molecule has 0 bridgehead atoms. The Morgan fingerprint density at radius 3 is 1.76 bits per heavy atom. The Balaban J connectivity index is 1.26. The molecule has 8 aromatic carbocycles. The lowest BCUT2D eigenvalue weighted by atomic mass is 9.89. The number of hydrogen-bond donors (Lipinski definition) is 0. The average Bonchev–Trinajstić information content (AvgIpc) is 3.57. The molecule has 0 N–H and O–H groups in total. The normalized spacial score (nSPS) is 13.8. The number of nitrogens with zero attached hydrogens (tertiary/aromatic N) is 4. The van der Waals surface area contributed by atoms with Crippen LogP contribution in [-0.2, 0) is 6.42 Å². The fraction of sp³-hybridized carbons (Fsp3) is 0.0476. The molecule has 9 rings (SSSR count). The lowest BCUT2D eigenvalue weighted by molar-refractivity contribution is 1.01. The fourth-order valence-corrected chi connectivity index (χ4v) is 7.45. The quantitative estimate of drug-likeness (QED) is 0.190. The van der Waals surface area contributed by atoms with Crippen molar-refractivity contribution in [2.24, 2.45) is 9.98 Å². The predicted octanol–water partition coefficient (Wildman–Crippen LogP) is 9.25. The highest BCUT2D eigenvalue weighted by molar-refractivity contribution is 6.17. The van der Waals surface area contributed by atoms with Crippen molar-refractivity contribution in [3.8, 4) is 23.5 Å². The van der Waals surface area contributed by atoms with E-state index in [-0.39, 0.29) is 0 Å². The van der Waals surface area contributed by atoms with Crippen LogP contribution in [-0.4, -0.2) is 0 Å². The van der Waals surface area contributed by atoms with Crippen LogP contribution in [0.2, 0.25) is 0 Å². The summed E-state index contributed by atoms with van der Waals surface area (Å²) in [6.45, 7) is 0. The Morgan fingerprint density at radius 1 is 0.457 bits per heavy atom. The van der Waals surface area contributed by atoms with Gasteiger partial charge < -0.3 is 0 Å². The molecular formula is C42H24N4. The number of benzene rings is 6. The minimum absolute atomic E-state index is 0.659. The van der Waals surface area contributed by atoms with Gasteiger partial charge >= 0.3 is 0 Å². The first-order valence-corrected chi connectivity index (χ1v) is 15.4. The molecule has 46 heavy (non-hydrogen) atoms. The van der Waals surface area contributed by atoms with Crippen molar-refractivity contribution in [2.75, 3.05) is 0 Å². The highest BCUT2D eigenvalue weighted by Gasteiger charge is 2.22. The van der Waals surface area contributed by atoms with Crippen molar-refractivity contribution in [1.29, 1.82) is 10.5 Å². The lowest BCUT2D eigenvalue weighted by Gasteiger charge is -2.15. The van der Waals surface area contributed by atoms with Gasteiger partial charge in [0.1, 0.15) is 0 Å². The highest BCUT2D eigenvalue weighted by Crippen LogP contribution is 2.38. The van der Waals surface area contributed by atoms with E-state index in [2.05, 4.69) is 144 Å². The second kappa shape index (κ2) is 10.1. The van der Waals surface area contributed by atoms with E-state index in [1.54, 1.807) is 0 Å². The van der Waals surface area contributed by atoms with Crippen LogP contribution >= 0.6 is 0 Å². The second-order valence-corrected chi connectivity index (χ2v) is 12.0. The summed E-state index contributed by atoms with van der Waals surface area (Å²) in [5, 5.41) is 31.7. The minimum atomic E-state index is 0.659. The van der Waals surface area contributed by atoms with Crippen LogP contribution in [0.3, 0.4) is 0 Å². The molecule has 1 aliphatic carbocycles. The summed E-state index contributed by atoms with van der Waals surface area (Å²) in [5.74, 6) is 0. The van der Waals surface area contributed by atoms with E-state index in [1.807, 2.05) is 0 Å². The summed E-state index contributed by atoms with van der Waals surface area (Å²) < 4.78 is 0. The maximum atomic E-state index is 9.77. The van der Waals surface area contributed by atoms with Gasteiger partial charge in [0.15, 0.2) is 0 Å². The lowest BCUT2D eigenvalue weighted by Crippen LogP contribution is -2.07. The second-order valence-electron chi connectivity index (χ2n) is 12.0. The van der Waals surface area contributed by atoms with Gasteiger partial charge in [-0.05, 0) is 115 Å². The summed E-state index contributed by atoms with van der Waals surface area (Å²) in [6.07, 6.45) is 8.10. The molecule has 0 fully saturated rings. The summed E-state index contributed by atoms with van der Waals surface area (Å²) in [4.78, 5) is 8.71. The fourth-order valence-electron chi connectivity index (χ4n) is 7.45. The largest absolute Gasteiger partial charge is 0.206 e. The Kier molecular flexibility index (Phi) is 5.72. The number of fused-ring (bicyclic) bond motifs is 8. The van der Waals surface area contributed by atoms with Crippen molar-refractivity contribution in [3.63, 3.8) is 0 Å². The van der Waals surface area contributed by atoms with Gasteiger partial charge in [-0.2, -0.15) is 20.5 Å². The van der Waals surface area contributed by atoms with E-state index in [0.717, 1.165) is 61.8 Å². The zero-order valence-electron chi connectivity index (χ0n) is 24.8. The van der Waals surface area contributed by atoms with Gasteiger partial charge in [-0.3, -0.25) is 0 Å². The number of nitriles is 2. The van der Waals surface area contributed by atoms with Gasteiger partial charge in [0, 0.05) is 21.7 Å². The third-order valence-corrected chi connectivity index (χ3v) is 9.63. The van der Waals surface area contributed by atoms with Crippen LogP contribution in [0.25, 0.3) is 76.6 Å². The molecule has 0 amide bonds. The van der Waals surface area contributed by atoms with Gasteiger partial charge in [0.2, 0.25) is 12.4 Å². The van der Waals surface area contributed by atoms with Crippen LogP contribution in [0.5, 0.6) is 0 Å². The number of rotatable bonds is 2. The van der Waals surface area contributed by atoms with Crippen LogP contribution in [0.15, 0.2) is 125 Å². The van der Waals surface area contributed by atoms with Crippen molar-refractivity contribution in [3.05, 3.63) is 143 Å². The molecule has 4 nitrogen and oxygen atoms in total. The molecule has 0 saturated carbocycles. The highest BCUT2D eigenvalue weighted by atomic mass is 14.7. The summed E-state index contributed by atoms with van der Waals surface area (Å²) >= 11 is 0. The molecule has 0 atom stereocenters.